The molecule has 12 heteroatoms. The first-order valence-corrected chi connectivity index (χ1v) is 12.3. The van der Waals surface area contributed by atoms with E-state index in [-0.39, 0.29) is 42.0 Å². The number of nitrogens with one attached hydrogen (secondary N) is 1. The molecule has 0 spiro atoms. The lowest BCUT2D eigenvalue weighted by molar-refractivity contribution is -0.114. The van der Waals surface area contributed by atoms with E-state index in [1.165, 1.54) is 40.2 Å². The van der Waals surface area contributed by atoms with Crippen LogP contribution in [0.1, 0.15) is 18.9 Å². The molecule has 1 aliphatic rings. The van der Waals surface area contributed by atoms with Crippen LogP contribution in [0, 0.1) is 6.92 Å². The molecule has 0 saturated carbocycles. The first kappa shape index (κ1) is 22.4. The molecule has 1 N–H and O–H groups in total. The van der Waals surface area contributed by atoms with Crippen LogP contribution in [-0.4, -0.2) is 67.1 Å². The van der Waals surface area contributed by atoms with Crippen LogP contribution in [0.2, 0.25) is 0 Å². The molecule has 0 radical (unpaired) electrons. The van der Waals surface area contributed by atoms with Crippen LogP contribution in [0.5, 0.6) is 0 Å². The van der Waals surface area contributed by atoms with Gasteiger partial charge in [0.2, 0.25) is 15.9 Å². The van der Waals surface area contributed by atoms with Gasteiger partial charge in [-0.05, 0) is 37.1 Å². The van der Waals surface area contributed by atoms with Gasteiger partial charge in [0, 0.05) is 52.0 Å². The van der Waals surface area contributed by atoms with Gasteiger partial charge in [-0.3, -0.25) is 4.79 Å². The monoisotopic (exact) mass is 455 g/mol. The van der Waals surface area contributed by atoms with E-state index in [0.717, 1.165) is 0 Å². The third kappa shape index (κ3) is 4.56. The maximum absolute atomic E-state index is 13.2. The maximum Gasteiger partial charge on any atom is 0.262 e. The number of hydrogen-bond donors (Lipinski definition) is 1. The molecule has 1 aromatic carbocycles. The number of hydrogen-bond acceptors (Lipinski definition) is 6. The standard InChI is InChI=1S/C18H25N5O5S2/c1-14-11-16(20-15(2)24)5-6-17(14)29(25,26)22-7-4-8-23(10-9-22)30(27,28)18-12-21(3)13-19-18/h5-6,11-13H,4,7-10H2,1-3H3,(H,20,24). The van der Waals surface area contributed by atoms with Crippen molar-refractivity contribution in [2.45, 2.75) is 30.2 Å². The molecule has 1 saturated heterocycles. The number of imidazole rings is 1. The average molecular weight is 456 g/mol. The summed E-state index contributed by atoms with van der Waals surface area (Å²) in [5.41, 5.74) is 1.02. The first-order chi connectivity index (χ1) is 14.0. The quantitative estimate of drug-likeness (QED) is 0.711. The van der Waals surface area contributed by atoms with Crippen molar-refractivity contribution < 1.29 is 21.6 Å². The molecule has 0 aliphatic carbocycles. The Morgan fingerprint density at radius 3 is 2.20 bits per heavy atom. The number of aromatic nitrogens is 2. The number of anilines is 1. The Morgan fingerprint density at radius 1 is 1.03 bits per heavy atom. The molecule has 1 amide bonds. The molecule has 10 nitrogen and oxygen atoms in total. The molecule has 2 aromatic rings. The van der Waals surface area contributed by atoms with E-state index >= 15 is 0 Å². The van der Waals surface area contributed by atoms with E-state index in [4.69, 9.17) is 0 Å². The Morgan fingerprint density at radius 2 is 1.67 bits per heavy atom. The van der Waals surface area contributed by atoms with E-state index in [2.05, 4.69) is 10.3 Å². The zero-order chi connectivity index (χ0) is 22.1. The molecular formula is C18H25N5O5S2. The number of carbonyl (C=O) groups is 1. The highest BCUT2D eigenvalue weighted by molar-refractivity contribution is 7.89. The second-order valence-corrected chi connectivity index (χ2v) is 11.0. The van der Waals surface area contributed by atoms with Crippen LogP contribution in [0.4, 0.5) is 5.69 Å². The Hall–Kier alpha value is -2.28. The van der Waals surface area contributed by atoms with Crippen molar-refractivity contribution in [3.05, 3.63) is 36.3 Å². The molecule has 30 heavy (non-hydrogen) atoms. The van der Waals surface area contributed by atoms with Gasteiger partial charge in [-0.1, -0.05) is 0 Å². The Labute approximate surface area is 176 Å². The molecular weight excluding hydrogens is 430 g/mol. The molecule has 0 bridgehead atoms. The van der Waals surface area contributed by atoms with E-state index in [0.29, 0.717) is 17.7 Å². The predicted octanol–water partition coefficient (Wildman–Crippen LogP) is 0.772. The third-order valence-electron chi connectivity index (χ3n) is 4.81. The van der Waals surface area contributed by atoms with Crippen LogP contribution >= 0.6 is 0 Å². The van der Waals surface area contributed by atoms with Gasteiger partial charge in [-0.15, -0.1) is 0 Å². The second kappa shape index (κ2) is 8.46. The van der Waals surface area contributed by atoms with Crippen molar-refractivity contribution in [2.24, 2.45) is 7.05 Å². The normalized spacial score (nSPS) is 16.9. The third-order valence-corrected chi connectivity index (χ3v) is 8.66. The summed E-state index contributed by atoms with van der Waals surface area (Å²) in [6.07, 6.45) is 3.21. The smallest absolute Gasteiger partial charge is 0.262 e. The Bertz CT molecular complexity index is 1160. The van der Waals surface area contributed by atoms with Crippen molar-refractivity contribution in [1.29, 1.82) is 0 Å². The minimum atomic E-state index is -3.81. The van der Waals surface area contributed by atoms with E-state index in [1.54, 1.807) is 24.6 Å². The minimum Gasteiger partial charge on any atom is -0.339 e. The molecule has 1 fully saturated rings. The zero-order valence-electron chi connectivity index (χ0n) is 17.1. The highest BCUT2D eigenvalue weighted by Crippen LogP contribution is 2.25. The van der Waals surface area contributed by atoms with Gasteiger partial charge >= 0.3 is 0 Å². The van der Waals surface area contributed by atoms with Crippen molar-refractivity contribution in [3.63, 3.8) is 0 Å². The number of amides is 1. The average Bonchev–Trinajstić information content (AvgIpc) is 2.93. The van der Waals surface area contributed by atoms with Gasteiger partial charge in [-0.2, -0.15) is 8.61 Å². The lowest BCUT2D eigenvalue weighted by Crippen LogP contribution is -2.37. The number of rotatable bonds is 5. The largest absolute Gasteiger partial charge is 0.339 e. The van der Waals surface area contributed by atoms with Gasteiger partial charge in [0.1, 0.15) is 0 Å². The number of sulfonamides is 2. The van der Waals surface area contributed by atoms with Crippen LogP contribution in [0.15, 0.2) is 40.6 Å². The number of benzene rings is 1. The van der Waals surface area contributed by atoms with Gasteiger partial charge in [-0.25, -0.2) is 21.8 Å². The summed E-state index contributed by atoms with van der Waals surface area (Å²) in [6, 6.07) is 4.60. The van der Waals surface area contributed by atoms with Gasteiger partial charge in [0.15, 0.2) is 5.03 Å². The van der Waals surface area contributed by atoms with Crippen LogP contribution in [-0.2, 0) is 31.9 Å². The summed E-state index contributed by atoms with van der Waals surface area (Å²) in [5, 5.41) is 2.57. The van der Waals surface area contributed by atoms with Crippen LogP contribution < -0.4 is 5.32 Å². The molecule has 2 heterocycles. The van der Waals surface area contributed by atoms with Crippen LogP contribution in [0.3, 0.4) is 0 Å². The summed E-state index contributed by atoms with van der Waals surface area (Å²) in [5.74, 6) is -0.244. The number of nitrogens with zero attached hydrogens (tertiary/aromatic N) is 4. The van der Waals surface area contributed by atoms with E-state index in [9.17, 15) is 21.6 Å². The molecule has 3 rings (SSSR count). The van der Waals surface area contributed by atoms with Gasteiger partial charge < -0.3 is 9.88 Å². The molecule has 0 unspecified atom stereocenters. The highest BCUT2D eigenvalue weighted by Gasteiger charge is 2.33. The fourth-order valence-electron chi connectivity index (χ4n) is 3.36. The fraction of sp³-hybridized carbons (Fsp3) is 0.444. The fourth-order valence-corrected chi connectivity index (χ4v) is 6.48. The molecule has 1 aromatic heterocycles. The lowest BCUT2D eigenvalue weighted by Gasteiger charge is -2.22. The van der Waals surface area contributed by atoms with E-state index < -0.39 is 20.0 Å². The number of aryl methyl sites for hydroxylation is 2. The lowest BCUT2D eigenvalue weighted by atomic mass is 10.2. The van der Waals surface area contributed by atoms with Crippen molar-refractivity contribution in [3.8, 4) is 0 Å². The summed E-state index contributed by atoms with van der Waals surface area (Å²) in [6.45, 7) is 3.55. The second-order valence-electron chi connectivity index (χ2n) is 7.20. The van der Waals surface area contributed by atoms with Crippen LogP contribution in [0.25, 0.3) is 0 Å². The molecule has 0 atom stereocenters. The topological polar surface area (TPSA) is 122 Å². The van der Waals surface area contributed by atoms with Gasteiger partial charge in [0.05, 0.1) is 11.2 Å². The SMILES string of the molecule is CC(=O)Nc1ccc(S(=O)(=O)N2CCCN(S(=O)(=O)c3cn(C)cn3)CC2)c(C)c1. The molecule has 1 aliphatic heterocycles. The summed E-state index contributed by atoms with van der Waals surface area (Å²) in [7, 11) is -5.91. The zero-order valence-corrected chi connectivity index (χ0v) is 18.7. The van der Waals surface area contributed by atoms with Gasteiger partial charge in [0.25, 0.3) is 10.0 Å². The molecule has 164 valence electrons. The summed E-state index contributed by atoms with van der Waals surface area (Å²) < 4.78 is 56.1. The first-order valence-electron chi connectivity index (χ1n) is 9.38. The van der Waals surface area contributed by atoms with E-state index in [1.807, 2.05) is 0 Å². The minimum absolute atomic E-state index is 0.0428. The summed E-state index contributed by atoms with van der Waals surface area (Å²) >= 11 is 0. The summed E-state index contributed by atoms with van der Waals surface area (Å²) in [4.78, 5) is 15.3. The number of carbonyl (C=O) groups excluding carboxylic acids is 1. The maximum atomic E-state index is 13.2. The Balaban J connectivity index is 1.80. The highest BCUT2D eigenvalue weighted by atomic mass is 32.2. The predicted molar refractivity (Wildman–Crippen MR) is 111 cm³/mol. The van der Waals surface area contributed by atoms with Crippen molar-refractivity contribution in [1.82, 2.24) is 18.2 Å². The Kier molecular flexibility index (Phi) is 6.32. The van der Waals surface area contributed by atoms with Crippen molar-refractivity contribution in [2.75, 3.05) is 31.5 Å². The van der Waals surface area contributed by atoms with Crippen molar-refractivity contribution >= 4 is 31.6 Å².